The highest BCUT2D eigenvalue weighted by molar-refractivity contribution is 7.98. The zero-order valence-electron chi connectivity index (χ0n) is 13.2. The normalized spacial score (nSPS) is 11.1. The predicted molar refractivity (Wildman–Crippen MR) is 94.6 cm³/mol. The van der Waals surface area contributed by atoms with Gasteiger partial charge in [0.15, 0.2) is 0 Å². The van der Waals surface area contributed by atoms with E-state index in [2.05, 4.69) is 20.5 Å². The first-order valence-electron chi connectivity index (χ1n) is 7.76. The van der Waals surface area contributed by atoms with Crippen molar-refractivity contribution in [3.8, 4) is 0 Å². The molecule has 124 valence electrons. The van der Waals surface area contributed by atoms with E-state index in [9.17, 15) is 4.39 Å². The SMILES string of the molecule is Fc1ccc(CSc2nnnn2Cc2ccccc2)c2ncccc12. The van der Waals surface area contributed by atoms with E-state index in [4.69, 9.17) is 0 Å². The molecule has 5 nitrogen and oxygen atoms in total. The summed E-state index contributed by atoms with van der Waals surface area (Å²) in [5, 5.41) is 13.2. The molecule has 0 N–H and O–H groups in total. The summed E-state index contributed by atoms with van der Waals surface area (Å²) in [4.78, 5) is 4.32. The third kappa shape index (κ3) is 3.36. The van der Waals surface area contributed by atoms with Crippen molar-refractivity contribution in [3.05, 3.63) is 77.7 Å². The number of benzene rings is 2. The Balaban J connectivity index is 1.55. The molecular formula is C18H14FN5S. The molecule has 0 amide bonds. The number of halogens is 1. The van der Waals surface area contributed by atoms with Gasteiger partial charge in [0.1, 0.15) is 5.82 Å². The Hall–Kier alpha value is -2.80. The highest BCUT2D eigenvalue weighted by Crippen LogP contribution is 2.26. The van der Waals surface area contributed by atoms with Crippen molar-refractivity contribution in [2.45, 2.75) is 17.5 Å². The molecule has 2 aromatic carbocycles. The van der Waals surface area contributed by atoms with Gasteiger partial charge < -0.3 is 0 Å². The maximum Gasteiger partial charge on any atom is 0.209 e. The second-order valence-electron chi connectivity index (χ2n) is 5.50. The maximum atomic E-state index is 13.9. The van der Waals surface area contributed by atoms with Gasteiger partial charge in [-0.05, 0) is 39.8 Å². The Morgan fingerprint density at radius 3 is 2.76 bits per heavy atom. The fourth-order valence-corrected chi connectivity index (χ4v) is 3.47. The second-order valence-corrected chi connectivity index (χ2v) is 6.44. The molecule has 2 heterocycles. The minimum atomic E-state index is -0.259. The molecule has 0 unspecified atom stereocenters. The maximum absolute atomic E-state index is 13.9. The zero-order valence-corrected chi connectivity index (χ0v) is 14.0. The quantitative estimate of drug-likeness (QED) is 0.513. The molecule has 0 aliphatic rings. The molecule has 0 fully saturated rings. The lowest BCUT2D eigenvalue weighted by Crippen LogP contribution is -2.03. The standard InChI is InChI=1S/C18H14FN5S/c19-16-9-8-14(17-15(16)7-4-10-20-17)12-25-18-21-22-23-24(18)11-13-5-2-1-3-6-13/h1-10H,11-12H2. The Morgan fingerprint density at radius 1 is 1.00 bits per heavy atom. The molecule has 0 bridgehead atoms. The Bertz CT molecular complexity index is 1000. The summed E-state index contributed by atoms with van der Waals surface area (Å²) >= 11 is 1.51. The van der Waals surface area contributed by atoms with Crippen molar-refractivity contribution in [3.63, 3.8) is 0 Å². The number of hydrogen-bond acceptors (Lipinski definition) is 5. The monoisotopic (exact) mass is 351 g/mol. The van der Waals surface area contributed by atoms with E-state index in [1.807, 2.05) is 30.3 Å². The summed E-state index contributed by atoms with van der Waals surface area (Å²) < 4.78 is 15.7. The Labute approximate surface area is 147 Å². The van der Waals surface area contributed by atoms with Gasteiger partial charge in [-0.15, -0.1) is 5.10 Å². The highest BCUT2D eigenvalue weighted by Gasteiger charge is 2.11. The van der Waals surface area contributed by atoms with Gasteiger partial charge in [-0.3, -0.25) is 4.98 Å². The molecule has 2 aromatic heterocycles. The number of nitrogens with zero attached hydrogens (tertiary/aromatic N) is 5. The first-order chi connectivity index (χ1) is 12.3. The van der Waals surface area contributed by atoms with Crippen LogP contribution >= 0.6 is 11.8 Å². The van der Waals surface area contributed by atoms with E-state index < -0.39 is 0 Å². The van der Waals surface area contributed by atoms with Crippen LogP contribution in [0.4, 0.5) is 4.39 Å². The third-order valence-corrected chi connectivity index (χ3v) is 4.84. The van der Waals surface area contributed by atoms with Gasteiger partial charge in [-0.25, -0.2) is 9.07 Å². The molecular weight excluding hydrogens is 337 g/mol. The molecule has 0 saturated carbocycles. The van der Waals surface area contributed by atoms with Crippen LogP contribution in [0.3, 0.4) is 0 Å². The lowest BCUT2D eigenvalue weighted by molar-refractivity contribution is 0.603. The van der Waals surface area contributed by atoms with Crippen molar-refractivity contribution >= 4 is 22.7 Å². The summed E-state index contributed by atoms with van der Waals surface area (Å²) in [6.45, 7) is 0.610. The fourth-order valence-electron chi connectivity index (χ4n) is 2.61. The second kappa shape index (κ2) is 6.98. The molecule has 25 heavy (non-hydrogen) atoms. The molecule has 0 aliphatic heterocycles. The average Bonchev–Trinajstić information content (AvgIpc) is 3.09. The van der Waals surface area contributed by atoms with E-state index in [0.29, 0.717) is 23.2 Å². The lowest BCUT2D eigenvalue weighted by Gasteiger charge is -2.07. The van der Waals surface area contributed by atoms with Crippen LogP contribution in [0.2, 0.25) is 0 Å². The van der Waals surface area contributed by atoms with E-state index in [1.165, 1.54) is 17.8 Å². The van der Waals surface area contributed by atoms with Crippen LogP contribution in [0.25, 0.3) is 10.9 Å². The first-order valence-corrected chi connectivity index (χ1v) is 8.75. The van der Waals surface area contributed by atoms with Crippen molar-refractivity contribution in [2.24, 2.45) is 0 Å². The molecule has 0 radical (unpaired) electrons. The topological polar surface area (TPSA) is 56.5 Å². The van der Waals surface area contributed by atoms with Gasteiger partial charge in [-0.2, -0.15) is 0 Å². The van der Waals surface area contributed by atoms with E-state index in [1.54, 1.807) is 29.1 Å². The van der Waals surface area contributed by atoms with Crippen molar-refractivity contribution in [1.29, 1.82) is 0 Å². The molecule has 0 spiro atoms. The van der Waals surface area contributed by atoms with Gasteiger partial charge in [-0.1, -0.05) is 48.2 Å². The van der Waals surface area contributed by atoms with Crippen molar-refractivity contribution in [2.75, 3.05) is 0 Å². The number of pyridine rings is 1. The summed E-state index contributed by atoms with van der Waals surface area (Å²) in [6.07, 6.45) is 1.68. The number of hydrogen-bond donors (Lipinski definition) is 0. The zero-order chi connectivity index (χ0) is 17.1. The highest BCUT2D eigenvalue weighted by atomic mass is 32.2. The number of thioether (sulfide) groups is 1. The predicted octanol–water partition coefficient (Wildman–Crippen LogP) is 3.70. The van der Waals surface area contributed by atoms with Gasteiger partial charge in [0.25, 0.3) is 0 Å². The van der Waals surface area contributed by atoms with Crippen LogP contribution in [0.15, 0.2) is 66.0 Å². The molecule has 0 saturated heterocycles. The Kier molecular flexibility index (Phi) is 4.39. The van der Waals surface area contributed by atoms with E-state index >= 15 is 0 Å². The summed E-state index contributed by atoms with van der Waals surface area (Å²) in [5.41, 5.74) is 2.76. The van der Waals surface area contributed by atoms with Gasteiger partial charge >= 0.3 is 0 Å². The van der Waals surface area contributed by atoms with Crippen LogP contribution < -0.4 is 0 Å². The van der Waals surface area contributed by atoms with Crippen LogP contribution in [-0.2, 0) is 12.3 Å². The summed E-state index contributed by atoms with van der Waals surface area (Å²) in [6, 6.07) is 16.8. The van der Waals surface area contributed by atoms with Crippen molar-refractivity contribution in [1.82, 2.24) is 25.2 Å². The fraction of sp³-hybridized carbons (Fsp3) is 0.111. The number of fused-ring (bicyclic) bond motifs is 1. The van der Waals surface area contributed by atoms with E-state index in [-0.39, 0.29) is 5.82 Å². The van der Waals surface area contributed by atoms with Gasteiger partial charge in [0.2, 0.25) is 5.16 Å². The smallest absolute Gasteiger partial charge is 0.209 e. The number of tetrazole rings is 1. The largest absolute Gasteiger partial charge is 0.256 e. The molecule has 4 aromatic rings. The van der Waals surface area contributed by atoms with E-state index in [0.717, 1.165) is 16.3 Å². The lowest BCUT2D eigenvalue weighted by atomic mass is 10.1. The molecule has 7 heteroatoms. The van der Waals surface area contributed by atoms with Gasteiger partial charge in [0, 0.05) is 17.3 Å². The number of aromatic nitrogens is 5. The summed E-state index contributed by atoms with van der Waals surface area (Å²) in [7, 11) is 0. The first kappa shape index (κ1) is 15.7. The minimum absolute atomic E-state index is 0.259. The van der Waals surface area contributed by atoms with Crippen LogP contribution in [0, 0.1) is 5.82 Å². The number of rotatable bonds is 5. The molecule has 0 aliphatic carbocycles. The third-order valence-electron chi connectivity index (χ3n) is 3.83. The average molecular weight is 351 g/mol. The van der Waals surface area contributed by atoms with Crippen LogP contribution in [-0.4, -0.2) is 25.2 Å². The van der Waals surface area contributed by atoms with Crippen LogP contribution in [0.5, 0.6) is 0 Å². The molecule has 4 rings (SSSR count). The van der Waals surface area contributed by atoms with Crippen molar-refractivity contribution < 1.29 is 4.39 Å². The Morgan fingerprint density at radius 2 is 1.88 bits per heavy atom. The molecule has 0 atom stereocenters. The summed E-state index contributed by atoms with van der Waals surface area (Å²) in [5.74, 6) is 0.355. The van der Waals surface area contributed by atoms with Crippen LogP contribution in [0.1, 0.15) is 11.1 Å². The minimum Gasteiger partial charge on any atom is -0.256 e. The van der Waals surface area contributed by atoms with Gasteiger partial charge in [0.05, 0.1) is 12.1 Å².